The molecule has 0 bridgehead atoms. The summed E-state index contributed by atoms with van der Waals surface area (Å²) in [5, 5.41) is 12.5. The fraction of sp³-hybridized carbons (Fsp3) is 0.0588. The lowest BCUT2D eigenvalue weighted by atomic mass is 10.1. The fourth-order valence-corrected chi connectivity index (χ4v) is 2.57. The van der Waals surface area contributed by atoms with Crippen LogP contribution in [0.4, 0.5) is 5.69 Å². The number of nitriles is 1. The van der Waals surface area contributed by atoms with E-state index in [0.717, 1.165) is 14.7 Å². The van der Waals surface area contributed by atoms with E-state index in [-0.39, 0.29) is 5.57 Å². The molecule has 1 amide bonds. The van der Waals surface area contributed by atoms with Gasteiger partial charge in [0.15, 0.2) is 0 Å². The van der Waals surface area contributed by atoms with Crippen molar-refractivity contribution >= 4 is 51.9 Å². The number of aryl methyl sites for hydroxylation is 1. The largest absolute Gasteiger partial charge is 0.321 e. The second kappa shape index (κ2) is 7.43. The number of rotatable bonds is 3. The molecule has 2 aromatic carbocycles. The molecule has 0 atom stereocenters. The Labute approximate surface area is 147 Å². The van der Waals surface area contributed by atoms with Crippen LogP contribution in [-0.2, 0) is 4.79 Å². The van der Waals surface area contributed by atoms with Crippen LogP contribution in [0.5, 0.6) is 0 Å². The first-order valence-electron chi connectivity index (χ1n) is 6.44. The first kappa shape index (κ1) is 16.5. The molecule has 3 nitrogen and oxygen atoms in total. The third-order valence-corrected chi connectivity index (χ3v) is 3.88. The van der Waals surface area contributed by atoms with Gasteiger partial charge in [0.25, 0.3) is 5.91 Å². The van der Waals surface area contributed by atoms with E-state index in [9.17, 15) is 10.1 Å². The van der Waals surface area contributed by atoms with Gasteiger partial charge in [-0.2, -0.15) is 5.26 Å². The lowest BCUT2D eigenvalue weighted by molar-refractivity contribution is -0.112. The summed E-state index contributed by atoms with van der Waals surface area (Å²) in [4.78, 5) is 12.2. The van der Waals surface area contributed by atoms with E-state index in [2.05, 4.69) is 27.9 Å². The van der Waals surface area contributed by atoms with Gasteiger partial charge in [0.1, 0.15) is 11.6 Å². The minimum atomic E-state index is -0.452. The van der Waals surface area contributed by atoms with Gasteiger partial charge in [-0.25, -0.2) is 0 Å². The van der Waals surface area contributed by atoms with Gasteiger partial charge in [0.2, 0.25) is 0 Å². The highest BCUT2D eigenvalue weighted by atomic mass is 127. The number of nitrogens with one attached hydrogen (secondary N) is 1. The molecule has 0 aliphatic carbocycles. The van der Waals surface area contributed by atoms with Gasteiger partial charge in [0.05, 0.1) is 0 Å². The van der Waals surface area contributed by atoms with Gasteiger partial charge in [-0.3, -0.25) is 4.79 Å². The molecule has 0 heterocycles. The van der Waals surface area contributed by atoms with Crippen LogP contribution < -0.4 is 5.32 Å². The van der Waals surface area contributed by atoms with E-state index in [4.69, 9.17) is 11.6 Å². The number of carbonyl (C=O) groups excluding carboxylic acids is 1. The summed E-state index contributed by atoms with van der Waals surface area (Å²) in [6, 6.07) is 14.7. The lowest BCUT2D eigenvalue weighted by Gasteiger charge is -2.08. The van der Waals surface area contributed by atoms with Crippen LogP contribution in [0.1, 0.15) is 11.1 Å². The fourth-order valence-electron chi connectivity index (χ4n) is 1.83. The minimum absolute atomic E-state index is 0.0429. The Morgan fingerprint density at radius 1 is 1.32 bits per heavy atom. The lowest BCUT2D eigenvalue weighted by Crippen LogP contribution is -2.14. The van der Waals surface area contributed by atoms with Crippen molar-refractivity contribution < 1.29 is 4.79 Å². The maximum atomic E-state index is 12.2. The zero-order chi connectivity index (χ0) is 16.1. The Balaban J connectivity index is 2.26. The summed E-state index contributed by atoms with van der Waals surface area (Å²) in [5.74, 6) is -0.452. The zero-order valence-electron chi connectivity index (χ0n) is 11.7. The molecule has 0 aliphatic heterocycles. The number of hydrogen-bond acceptors (Lipinski definition) is 2. The Bertz CT molecular complexity index is 793. The monoisotopic (exact) mass is 422 g/mol. The normalized spacial score (nSPS) is 10.9. The van der Waals surface area contributed by atoms with Crippen molar-refractivity contribution in [1.29, 1.82) is 5.26 Å². The van der Waals surface area contributed by atoms with E-state index >= 15 is 0 Å². The molecular formula is C17H12ClIN2O. The highest BCUT2D eigenvalue weighted by Gasteiger charge is 2.11. The van der Waals surface area contributed by atoms with Gasteiger partial charge in [-0.1, -0.05) is 29.8 Å². The maximum absolute atomic E-state index is 12.2. The molecule has 0 unspecified atom stereocenters. The van der Waals surface area contributed by atoms with Crippen molar-refractivity contribution in [1.82, 2.24) is 0 Å². The molecule has 5 heteroatoms. The molecule has 0 spiro atoms. The average molecular weight is 423 g/mol. The van der Waals surface area contributed by atoms with Gasteiger partial charge < -0.3 is 5.32 Å². The van der Waals surface area contributed by atoms with Crippen molar-refractivity contribution in [2.75, 3.05) is 5.32 Å². The van der Waals surface area contributed by atoms with Crippen molar-refractivity contribution in [2.24, 2.45) is 0 Å². The van der Waals surface area contributed by atoms with Gasteiger partial charge in [0, 0.05) is 14.3 Å². The van der Waals surface area contributed by atoms with Gasteiger partial charge in [-0.05, 0) is 71.0 Å². The van der Waals surface area contributed by atoms with Crippen molar-refractivity contribution in [3.63, 3.8) is 0 Å². The molecule has 0 aliphatic rings. The Morgan fingerprint density at radius 3 is 2.77 bits per heavy atom. The summed E-state index contributed by atoms with van der Waals surface area (Å²) in [6.45, 7) is 1.86. The second-order valence-corrected chi connectivity index (χ2v) is 6.32. The molecule has 0 radical (unpaired) electrons. The predicted octanol–water partition coefficient (Wildman–Crippen LogP) is 4.80. The maximum Gasteiger partial charge on any atom is 0.266 e. The first-order valence-corrected chi connectivity index (χ1v) is 7.90. The number of benzene rings is 2. The number of nitrogens with zero attached hydrogens (tertiary/aromatic N) is 1. The third-order valence-electron chi connectivity index (χ3n) is 2.97. The first-order chi connectivity index (χ1) is 10.5. The van der Waals surface area contributed by atoms with E-state index in [1.54, 1.807) is 18.2 Å². The number of amides is 1. The Morgan fingerprint density at radius 2 is 2.09 bits per heavy atom. The quantitative estimate of drug-likeness (QED) is 0.439. The van der Waals surface area contributed by atoms with Crippen molar-refractivity contribution in [2.45, 2.75) is 6.92 Å². The molecule has 2 rings (SSSR count). The number of carbonyl (C=O) groups is 1. The van der Waals surface area contributed by atoms with Crippen LogP contribution >= 0.6 is 34.2 Å². The van der Waals surface area contributed by atoms with Crippen LogP contribution in [0.2, 0.25) is 5.02 Å². The summed E-state index contributed by atoms with van der Waals surface area (Å²) in [6.07, 6.45) is 1.57. The van der Waals surface area contributed by atoms with Crippen molar-refractivity contribution in [3.05, 3.63) is 67.8 Å². The van der Waals surface area contributed by atoms with Crippen LogP contribution in [0.15, 0.2) is 48.0 Å². The Kier molecular flexibility index (Phi) is 5.58. The van der Waals surface area contributed by atoms with Crippen LogP contribution in [0, 0.1) is 21.8 Å². The smallest absolute Gasteiger partial charge is 0.266 e. The number of halogens is 2. The van der Waals surface area contributed by atoms with Crippen LogP contribution in [-0.4, -0.2) is 5.91 Å². The molecule has 110 valence electrons. The van der Waals surface area contributed by atoms with Crippen LogP contribution in [0.3, 0.4) is 0 Å². The molecule has 0 fully saturated rings. The standard InChI is InChI=1S/C17H12ClIN2O/c1-11-5-6-14(18)9-16(11)21-17(22)13(10-20)7-12-3-2-4-15(19)8-12/h2-9H,1H3,(H,21,22). The zero-order valence-corrected chi connectivity index (χ0v) is 14.6. The van der Waals surface area contributed by atoms with E-state index in [1.807, 2.05) is 43.3 Å². The highest BCUT2D eigenvalue weighted by molar-refractivity contribution is 14.1. The molecule has 22 heavy (non-hydrogen) atoms. The molecule has 0 saturated heterocycles. The van der Waals surface area contributed by atoms with E-state index < -0.39 is 5.91 Å². The second-order valence-electron chi connectivity index (χ2n) is 4.64. The average Bonchev–Trinajstić information content (AvgIpc) is 2.48. The molecule has 2 aromatic rings. The summed E-state index contributed by atoms with van der Waals surface area (Å²) >= 11 is 8.11. The van der Waals surface area contributed by atoms with Gasteiger partial charge >= 0.3 is 0 Å². The molecular weight excluding hydrogens is 411 g/mol. The van der Waals surface area contributed by atoms with E-state index in [0.29, 0.717) is 10.7 Å². The summed E-state index contributed by atoms with van der Waals surface area (Å²) in [5.41, 5.74) is 2.33. The summed E-state index contributed by atoms with van der Waals surface area (Å²) in [7, 11) is 0. The SMILES string of the molecule is Cc1ccc(Cl)cc1NC(=O)C(C#N)=Cc1cccc(I)c1. The van der Waals surface area contributed by atoms with Gasteiger partial charge in [-0.15, -0.1) is 0 Å². The van der Waals surface area contributed by atoms with Crippen molar-refractivity contribution in [3.8, 4) is 6.07 Å². The Hall–Kier alpha value is -1.84. The number of hydrogen-bond donors (Lipinski definition) is 1. The predicted molar refractivity (Wildman–Crippen MR) is 97.6 cm³/mol. The van der Waals surface area contributed by atoms with Crippen LogP contribution in [0.25, 0.3) is 6.08 Å². The molecule has 0 aromatic heterocycles. The molecule has 1 N–H and O–H groups in total. The number of anilines is 1. The minimum Gasteiger partial charge on any atom is -0.321 e. The highest BCUT2D eigenvalue weighted by Crippen LogP contribution is 2.21. The topological polar surface area (TPSA) is 52.9 Å². The molecule has 0 saturated carbocycles. The summed E-state index contributed by atoms with van der Waals surface area (Å²) < 4.78 is 1.04. The third kappa shape index (κ3) is 4.33. The van der Waals surface area contributed by atoms with E-state index in [1.165, 1.54) is 0 Å².